The summed E-state index contributed by atoms with van der Waals surface area (Å²) in [7, 11) is 3.05. The van der Waals surface area contributed by atoms with Gasteiger partial charge in [0.15, 0.2) is 0 Å². The van der Waals surface area contributed by atoms with Crippen molar-refractivity contribution in [2.45, 2.75) is 6.92 Å². The summed E-state index contributed by atoms with van der Waals surface area (Å²) in [4.78, 5) is 22.5. The number of carbonyl (C=O) groups is 1. The molecule has 1 N–H and O–H groups in total. The first-order valence-electron chi connectivity index (χ1n) is 7.26. The van der Waals surface area contributed by atoms with E-state index in [4.69, 9.17) is 9.47 Å². The fourth-order valence-electron chi connectivity index (χ4n) is 2.11. The van der Waals surface area contributed by atoms with Crippen LogP contribution < -0.4 is 14.9 Å². The van der Waals surface area contributed by atoms with Gasteiger partial charge in [-0.15, -0.1) is 0 Å². The molecule has 1 amide bonds. The maximum Gasteiger partial charge on any atom is 0.273 e. The smallest absolute Gasteiger partial charge is 0.273 e. The maximum absolute atomic E-state index is 12.1. The van der Waals surface area contributed by atoms with Crippen molar-refractivity contribution < 1.29 is 19.2 Å². The summed E-state index contributed by atoms with van der Waals surface area (Å²) in [6.07, 6.45) is 1.40. The molecule has 0 aliphatic heterocycles. The molecule has 0 saturated carbocycles. The molecular weight excluding hydrogens is 326 g/mol. The van der Waals surface area contributed by atoms with Crippen molar-refractivity contribution in [1.29, 1.82) is 0 Å². The second-order valence-electron chi connectivity index (χ2n) is 5.07. The highest BCUT2D eigenvalue weighted by molar-refractivity contribution is 5.95. The number of aryl methyl sites for hydroxylation is 1. The highest BCUT2D eigenvalue weighted by atomic mass is 16.6. The van der Waals surface area contributed by atoms with E-state index in [1.807, 2.05) is 0 Å². The van der Waals surface area contributed by atoms with Gasteiger partial charge in [-0.1, -0.05) is 6.07 Å². The summed E-state index contributed by atoms with van der Waals surface area (Å²) in [5.74, 6) is 0.619. The molecule has 0 spiro atoms. The van der Waals surface area contributed by atoms with Gasteiger partial charge in [-0.25, -0.2) is 5.43 Å². The summed E-state index contributed by atoms with van der Waals surface area (Å²) < 4.78 is 10.3. The van der Waals surface area contributed by atoms with Crippen LogP contribution in [0.25, 0.3) is 0 Å². The predicted molar refractivity (Wildman–Crippen MR) is 92.4 cm³/mol. The summed E-state index contributed by atoms with van der Waals surface area (Å²) in [6.45, 7) is 1.60. The zero-order valence-corrected chi connectivity index (χ0v) is 14.0. The fraction of sp³-hybridized carbons (Fsp3) is 0.176. The lowest BCUT2D eigenvalue weighted by molar-refractivity contribution is -0.385. The van der Waals surface area contributed by atoms with Crippen molar-refractivity contribution in [3.8, 4) is 11.5 Å². The SMILES string of the molecule is COc1ccc(OC)c(/C=N/NC(=O)c2ccc(C)c([N+](=O)[O-])c2)c1. The molecule has 0 atom stereocenters. The number of hydrazone groups is 1. The van der Waals surface area contributed by atoms with Crippen LogP contribution in [0.5, 0.6) is 11.5 Å². The number of nitrogens with zero attached hydrogens (tertiary/aromatic N) is 2. The third kappa shape index (κ3) is 4.31. The first kappa shape index (κ1) is 17.9. The van der Waals surface area contributed by atoms with Crippen LogP contribution in [0.1, 0.15) is 21.5 Å². The summed E-state index contributed by atoms with van der Waals surface area (Å²) in [5, 5.41) is 14.8. The van der Waals surface area contributed by atoms with Gasteiger partial charge >= 0.3 is 0 Å². The van der Waals surface area contributed by atoms with E-state index in [0.717, 1.165) is 0 Å². The molecule has 2 aromatic carbocycles. The average molecular weight is 343 g/mol. The van der Waals surface area contributed by atoms with E-state index in [9.17, 15) is 14.9 Å². The van der Waals surface area contributed by atoms with Gasteiger partial charge in [-0.05, 0) is 31.2 Å². The van der Waals surface area contributed by atoms with Crippen LogP contribution in [0.2, 0.25) is 0 Å². The largest absolute Gasteiger partial charge is 0.497 e. The summed E-state index contributed by atoms with van der Waals surface area (Å²) >= 11 is 0. The highest BCUT2D eigenvalue weighted by Gasteiger charge is 2.14. The molecule has 0 unspecified atom stereocenters. The number of carbonyl (C=O) groups excluding carboxylic acids is 1. The van der Waals surface area contributed by atoms with Gasteiger partial charge in [0, 0.05) is 22.8 Å². The van der Waals surface area contributed by atoms with E-state index in [-0.39, 0.29) is 11.3 Å². The van der Waals surface area contributed by atoms with Crippen molar-refractivity contribution >= 4 is 17.8 Å². The first-order valence-corrected chi connectivity index (χ1v) is 7.26. The molecule has 0 aromatic heterocycles. The van der Waals surface area contributed by atoms with E-state index in [2.05, 4.69) is 10.5 Å². The minimum Gasteiger partial charge on any atom is -0.497 e. The molecular formula is C17H17N3O5. The van der Waals surface area contributed by atoms with Gasteiger partial charge in [0.1, 0.15) is 11.5 Å². The fourth-order valence-corrected chi connectivity index (χ4v) is 2.11. The molecule has 130 valence electrons. The second-order valence-corrected chi connectivity index (χ2v) is 5.07. The number of benzene rings is 2. The molecule has 8 nitrogen and oxygen atoms in total. The molecule has 0 aliphatic rings. The molecule has 2 aromatic rings. The normalized spacial score (nSPS) is 10.5. The molecule has 0 aliphatic carbocycles. The van der Waals surface area contributed by atoms with E-state index in [1.54, 1.807) is 25.1 Å². The van der Waals surface area contributed by atoms with E-state index >= 15 is 0 Å². The Bertz CT molecular complexity index is 833. The van der Waals surface area contributed by atoms with Gasteiger partial charge in [0.05, 0.1) is 25.4 Å². The monoisotopic (exact) mass is 343 g/mol. The second kappa shape index (κ2) is 7.91. The van der Waals surface area contributed by atoms with Crippen LogP contribution in [0.3, 0.4) is 0 Å². The molecule has 0 fully saturated rings. The van der Waals surface area contributed by atoms with Crippen molar-refractivity contribution in [3.05, 3.63) is 63.2 Å². The number of nitro groups is 1. The van der Waals surface area contributed by atoms with E-state index in [1.165, 1.54) is 38.6 Å². The Kier molecular flexibility index (Phi) is 5.67. The Labute approximate surface area is 144 Å². The van der Waals surface area contributed by atoms with E-state index < -0.39 is 10.8 Å². The number of methoxy groups -OCH3 is 2. The van der Waals surface area contributed by atoms with Crippen LogP contribution in [0, 0.1) is 17.0 Å². The lowest BCUT2D eigenvalue weighted by Gasteiger charge is -2.07. The number of hydrogen-bond donors (Lipinski definition) is 1. The number of hydrogen-bond acceptors (Lipinski definition) is 6. The quantitative estimate of drug-likeness (QED) is 0.493. The molecule has 0 bridgehead atoms. The zero-order chi connectivity index (χ0) is 18.4. The Morgan fingerprint density at radius 2 is 1.96 bits per heavy atom. The van der Waals surface area contributed by atoms with Crippen molar-refractivity contribution in [1.82, 2.24) is 5.43 Å². The molecule has 8 heteroatoms. The van der Waals surface area contributed by atoms with Gasteiger partial charge in [0.2, 0.25) is 0 Å². The standard InChI is InChI=1S/C17H17N3O5/c1-11-4-5-12(9-15(11)20(22)23)17(21)19-18-10-13-8-14(24-2)6-7-16(13)25-3/h4-10H,1-3H3,(H,19,21)/b18-10+. The molecule has 0 saturated heterocycles. The molecule has 0 heterocycles. The number of rotatable bonds is 6. The topological polar surface area (TPSA) is 103 Å². The maximum atomic E-state index is 12.1. The Hall–Kier alpha value is -3.42. The zero-order valence-electron chi connectivity index (χ0n) is 14.0. The van der Waals surface area contributed by atoms with Crippen molar-refractivity contribution in [2.24, 2.45) is 5.10 Å². The van der Waals surface area contributed by atoms with Crippen molar-refractivity contribution in [3.63, 3.8) is 0 Å². The van der Waals surface area contributed by atoms with Crippen LogP contribution in [0.4, 0.5) is 5.69 Å². The van der Waals surface area contributed by atoms with Gasteiger partial charge < -0.3 is 9.47 Å². The van der Waals surface area contributed by atoms with Gasteiger partial charge in [-0.2, -0.15) is 5.10 Å². The Morgan fingerprint density at radius 3 is 2.60 bits per heavy atom. The van der Waals surface area contributed by atoms with Gasteiger partial charge in [0.25, 0.3) is 11.6 Å². The van der Waals surface area contributed by atoms with Crippen LogP contribution in [-0.4, -0.2) is 31.3 Å². The molecule has 25 heavy (non-hydrogen) atoms. The third-order valence-corrected chi connectivity index (χ3v) is 3.47. The van der Waals surface area contributed by atoms with Crippen LogP contribution >= 0.6 is 0 Å². The summed E-state index contributed by atoms with van der Waals surface area (Å²) in [6, 6.07) is 9.38. The lowest BCUT2D eigenvalue weighted by Crippen LogP contribution is -2.18. The number of amides is 1. The lowest BCUT2D eigenvalue weighted by atomic mass is 10.1. The third-order valence-electron chi connectivity index (χ3n) is 3.47. The predicted octanol–water partition coefficient (Wildman–Crippen LogP) is 2.68. The molecule has 2 rings (SSSR count). The minimum absolute atomic E-state index is 0.119. The van der Waals surface area contributed by atoms with Crippen molar-refractivity contribution in [2.75, 3.05) is 14.2 Å². The number of nitro benzene ring substituents is 1. The van der Waals surface area contributed by atoms with Gasteiger partial charge in [-0.3, -0.25) is 14.9 Å². The minimum atomic E-state index is -0.554. The first-order chi connectivity index (χ1) is 12.0. The summed E-state index contributed by atoms with van der Waals surface area (Å²) in [5.41, 5.74) is 3.45. The Morgan fingerprint density at radius 1 is 1.20 bits per heavy atom. The number of ether oxygens (including phenoxy) is 2. The molecule has 0 radical (unpaired) electrons. The number of nitrogens with one attached hydrogen (secondary N) is 1. The Balaban J connectivity index is 2.16. The highest BCUT2D eigenvalue weighted by Crippen LogP contribution is 2.22. The average Bonchev–Trinajstić information content (AvgIpc) is 2.61. The van der Waals surface area contributed by atoms with E-state index in [0.29, 0.717) is 22.6 Å². The van der Waals surface area contributed by atoms with Crippen LogP contribution in [-0.2, 0) is 0 Å². The van der Waals surface area contributed by atoms with Crippen LogP contribution in [0.15, 0.2) is 41.5 Å².